The summed E-state index contributed by atoms with van der Waals surface area (Å²) < 4.78 is 6.93. The fourth-order valence-corrected chi connectivity index (χ4v) is 4.09. The highest BCUT2D eigenvalue weighted by molar-refractivity contribution is 5.87. The predicted octanol–water partition coefficient (Wildman–Crippen LogP) is 5.93. The van der Waals surface area contributed by atoms with Crippen LogP contribution in [0.2, 0.25) is 0 Å². The fourth-order valence-electron chi connectivity index (χ4n) is 4.09. The second kappa shape index (κ2) is 10.2. The molecular weight excluding hydrogens is 430 g/mol. The number of aromatic nitrogens is 1. The lowest BCUT2D eigenvalue weighted by atomic mass is 10.0. The van der Waals surface area contributed by atoms with E-state index in [-0.39, 0.29) is 11.2 Å². The number of hydrogen-bond donors (Lipinski definition) is 1. The van der Waals surface area contributed by atoms with Crippen molar-refractivity contribution < 1.29 is 19.4 Å². The average molecular weight is 456 g/mol. The molecule has 0 radical (unpaired) electrons. The van der Waals surface area contributed by atoms with Crippen molar-refractivity contribution in [3.05, 3.63) is 99.8 Å². The number of aryl methyl sites for hydroxylation is 1. The van der Waals surface area contributed by atoms with Crippen molar-refractivity contribution in [2.75, 3.05) is 0 Å². The maximum atomic E-state index is 13.0. The van der Waals surface area contributed by atoms with Gasteiger partial charge in [0, 0.05) is 34.8 Å². The maximum absolute atomic E-state index is 13.0. The zero-order chi connectivity index (χ0) is 24.1. The molecule has 1 aromatic heterocycles. The van der Waals surface area contributed by atoms with E-state index in [0.29, 0.717) is 29.5 Å². The van der Waals surface area contributed by atoms with Crippen molar-refractivity contribution in [2.45, 2.75) is 32.7 Å². The largest absolute Gasteiger partial charge is 0.511 e. The van der Waals surface area contributed by atoms with E-state index in [2.05, 4.69) is 6.92 Å². The summed E-state index contributed by atoms with van der Waals surface area (Å²) in [5, 5.41) is 9.60. The third kappa shape index (κ3) is 4.91. The Bertz CT molecular complexity index is 1400. The molecule has 0 bridgehead atoms. The number of carbonyl (C=O) groups excluding carboxylic acids is 1. The lowest BCUT2D eigenvalue weighted by molar-refractivity contribution is 0.112. The molecule has 6 heteroatoms. The first-order valence-corrected chi connectivity index (χ1v) is 11.2. The van der Waals surface area contributed by atoms with Gasteiger partial charge >= 0.3 is 6.16 Å². The molecule has 172 valence electrons. The summed E-state index contributed by atoms with van der Waals surface area (Å²) in [6, 6.07) is 19.9. The molecule has 0 atom stereocenters. The van der Waals surface area contributed by atoms with Crippen LogP contribution in [0.25, 0.3) is 22.0 Å². The number of rotatable bonds is 8. The van der Waals surface area contributed by atoms with Crippen LogP contribution in [0.1, 0.15) is 41.3 Å². The zero-order valence-electron chi connectivity index (χ0n) is 18.9. The highest BCUT2D eigenvalue weighted by atomic mass is 16.7. The lowest BCUT2D eigenvalue weighted by Crippen LogP contribution is -2.15. The molecule has 6 nitrogen and oxygen atoms in total. The molecule has 0 aliphatic rings. The zero-order valence-corrected chi connectivity index (χ0v) is 18.9. The van der Waals surface area contributed by atoms with Gasteiger partial charge in [0.05, 0.1) is 5.52 Å². The highest BCUT2D eigenvalue weighted by Gasteiger charge is 2.12. The van der Waals surface area contributed by atoms with E-state index in [1.54, 1.807) is 30.3 Å². The lowest BCUT2D eigenvalue weighted by Gasteiger charge is -2.15. The van der Waals surface area contributed by atoms with Gasteiger partial charge in [0.2, 0.25) is 0 Å². The second-order valence-electron chi connectivity index (χ2n) is 8.17. The van der Waals surface area contributed by atoms with E-state index >= 15 is 0 Å². The van der Waals surface area contributed by atoms with Crippen LogP contribution in [0.5, 0.6) is 5.75 Å². The molecule has 1 heterocycles. The Hall–Kier alpha value is -4.19. The maximum Gasteiger partial charge on any atom is 0.511 e. The van der Waals surface area contributed by atoms with Crippen LogP contribution < -0.4 is 10.2 Å². The summed E-state index contributed by atoms with van der Waals surface area (Å²) in [6.45, 7) is 2.61. The Morgan fingerprint density at radius 3 is 2.53 bits per heavy atom. The summed E-state index contributed by atoms with van der Waals surface area (Å²) in [7, 11) is 0. The molecule has 0 saturated heterocycles. The number of carboxylic acid groups (broad SMARTS) is 1. The number of unbranched alkanes of at least 4 members (excludes halogenated alkanes) is 1. The standard InChI is InChI=1S/C28H25NO5/c1-2-3-6-22-17-29(25-15-20(18-30)11-14-24(25)27(22)31)16-19-9-12-21(13-10-19)23-7-4-5-8-26(23)34-28(32)33/h4-5,7-15,17-18H,2-3,6,16H2,1H3,(H,32,33). The van der Waals surface area contributed by atoms with Gasteiger partial charge in [0.15, 0.2) is 5.43 Å². The van der Waals surface area contributed by atoms with Gasteiger partial charge in [-0.05, 0) is 42.2 Å². The summed E-state index contributed by atoms with van der Waals surface area (Å²) in [6.07, 6.45) is 3.96. The SMILES string of the molecule is CCCCc1cn(Cc2ccc(-c3ccccc3OC(=O)O)cc2)c2cc(C=O)ccc2c1=O. The number of pyridine rings is 1. The van der Waals surface area contributed by atoms with Crippen LogP contribution in [-0.4, -0.2) is 22.1 Å². The molecule has 4 aromatic rings. The minimum Gasteiger partial charge on any atom is -0.449 e. The monoisotopic (exact) mass is 455 g/mol. The predicted molar refractivity (Wildman–Crippen MR) is 132 cm³/mol. The molecule has 1 N–H and O–H groups in total. The van der Waals surface area contributed by atoms with E-state index in [4.69, 9.17) is 9.84 Å². The Balaban J connectivity index is 1.71. The van der Waals surface area contributed by atoms with Gasteiger partial charge in [-0.1, -0.05) is 61.9 Å². The van der Waals surface area contributed by atoms with Crippen LogP contribution in [0, 0.1) is 0 Å². The summed E-state index contributed by atoms with van der Waals surface area (Å²) >= 11 is 0. The first-order valence-electron chi connectivity index (χ1n) is 11.2. The van der Waals surface area contributed by atoms with Crippen LogP contribution in [0.4, 0.5) is 4.79 Å². The van der Waals surface area contributed by atoms with Crippen LogP contribution in [0.3, 0.4) is 0 Å². The normalized spacial score (nSPS) is 10.9. The molecule has 0 amide bonds. The molecule has 0 fully saturated rings. The fraction of sp³-hybridized carbons (Fsp3) is 0.179. The van der Waals surface area contributed by atoms with Crippen LogP contribution in [0.15, 0.2) is 77.7 Å². The number of nitrogens with zero attached hydrogens (tertiary/aromatic N) is 1. The summed E-state index contributed by atoms with van der Waals surface area (Å²) in [4.78, 5) is 35.3. The third-order valence-corrected chi connectivity index (χ3v) is 5.82. The number of hydrogen-bond acceptors (Lipinski definition) is 4. The Kier molecular flexibility index (Phi) is 6.87. The highest BCUT2D eigenvalue weighted by Crippen LogP contribution is 2.30. The molecule has 0 spiro atoms. The first-order chi connectivity index (χ1) is 16.5. The smallest absolute Gasteiger partial charge is 0.449 e. The molecule has 4 rings (SSSR count). The Labute approximate surface area is 197 Å². The second-order valence-corrected chi connectivity index (χ2v) is 8.17. The Morgan fingerprint density at radius 2 is 1.82 bits per heavy atom. The number of fused-ring (bicyclic) bond motifs is 1. The van der Waals surface area contributed by atoms with E-state index in [1.165, 1.54) is 0 Å². The van der Waals surface area contributed by atoms with Crippen molar-refractivity contribution in [1.29, 1.82) is 0 Å². The van der Waals surface area contributed by atoms with Gasteiger partial charge in [0.25, 0.3) is 0 Å². The minimum atomic E-state index is -1.36. The quantitative estimate of drug-likeness (QED) is 0.202. The van der Waals surface area contributed by atoms with E-state index in [0.717, 1.165) is 41.3 Å². The molecule has 34 heavy (non-hydrogen) atoms. The van der Waals surface area contributed by atoms with E-state index in [1.807, 2.05) is 47.2 Å². The molecule has 0 saturated carbocycles. The molecule has 0 unspecified atom stereocenters. The van der Waals surface area contributed by atoms with Gasteiger partial charge in [-0.25, -0.2) is 4.79 Å². The van der Waals surface area contributed by atoms with E-state index < -0.39 is 6.16 Å². The molecule has 0 aliphatic heterocycles. The van der Waals surface area contributed by atoms with Crippen molar-refractivity contribution in [3.8, 4) is 16.9 Å². The number of para-hydroxylation sites is 1. The minimum absolute atomic E-state index is 0.0162. The Morgan fingerprint density at radius 1 is 1.06 bits per heavy atom. The molecule has 3 aromatic carbocycles. The topological polar surface area (TPSA) is 85.6 Å². The average Bonchev–Trinajstić information content (AvgIpc) is 2.85. The number of carbonyl (C=O) groups is 2. The number of ether oxygens (including phenoxy) is 1. The third-order valence-electron chi connectivity index (χ3n) is 5.82. The van der Waals surface area contributed by atoms with Crippen molar-refractivity contribution in [3.63, 3.8) is 0 Å². The molecule has 0 aliphatic carbocycles. The van der Waals surface area contributed by atoms with Crippen molar-refractivity contribution >= 4 is 23.3 Å². The van der Waals surface area contributed by atoms with Gasteiger partial charge < -0.3 is 14.4 Å². The van der Waals surface area contributed by atoms with Crippen LogP contribution >= 0.6 is 0 Å². The summed E-state index contributed by atoms with van der Waals surface area (Å²) in [5.74, 6) is 0.274. The van der Waals surface area contributed by atoms with Gasteiger partial charge in [-0.3, -0.25) is 9.59 Å². The van der Waals surface area contributed by atoms with Gasteiger partial charge in [0.1, 0.15) is 12.0 Å². The van der Waals surface area contributed by atoms with Crippen LogP contribution in [-0.2, 0) is 13.0 Å². The van der Waals surface area contributed by atoms with Gasteiger partial charge in [-0.2, -0.15) is 0 Å². The van der Waals surface area contributed by atoms with Crippen molar-refractivity contribution in [2.24, 2.45) is 0 Å². The summed E-state index contributed by atoms with van der Waals surface area (Å²) in [5.41, 5.74) is 4.54. The van der Waals surface area contributed by atoms with Crippen molar-refractivity contribution in [1.82, 2.24) is 4.57 Å². The molecular formula is C28H25NO5. The number of benzene rings is 3. The first kappa shape index (κ1) is 23.0. The van der Waals surface area contributed by atoms with E-state index in [9.17, 15) is 14.4 Å². The number of aldehydes is 1. The van der Waals surface area contributed by atoms with Gasteiger partial charge in [-0.15, -0.1) is 0 Å².